The molecule has 4 rings (SSSR count). The standard InChI is InChI=1S/C25H23F2N3O5/c1-15-18(16(2)35-29-15)13-33-21-10-8-17(12-22(21)32-3)9-11-24(31)34-14-23-28-19-6-4-5-7-20(19)30(23)25(26)27/h4-12,25H,13-14H2,1-3H3/b11-9+. The lowest BCUT2D eigenvalue weighted by Crippen LogP contribution is -2.09. The number of rotatable bonds is 9. The first-order chi connectivity index (χ1) is 16.9. The monoisotopic (exact) mass is 483 g/mol. The largest absolute Gasteiger partial charge is 0.493 e. The summed E-state index contributed by atoms with van der Waals surface area (Å²) in [5.74, 6) is 0.930. The molecule has 8 nitrogen and oxygen atoms in total. The summed E-state index contributed by atoms with van der Waals surface area (Å²) in [5.41, 5.74) is 2.94. The minimum Gasteiger partial charge on any atom is -0.493 e. The molecule has 2 aromatic carbocycles. The predicted octanol–water partition coefficient (Wildman–Crippen LogP) is 5.38. The molecular formula is C25H23F2N3O5. The summed E-state index contributed by atoms with van der Waals surface area (Å²) in [4.78, 5) is 16.3. The average molecular weight is 483 g/mol. The molecule has 0 fully saturated rings. The lowest BCUT2D eigenvalue weighted by molar-refractivity contribution is -0.139. The van der Waals surface area contributed by atoms with Crippen LogP contribution in [0, 0.1) is 13.8 Å². The Balaban J connectivity index is 1.40. The van der Waals surface area contributed by atoms with Crippen molar-refractivity contribution in [3.63, 3.8) is 0 Å². The Kier molecular flexibility index (Phi) is 7.09. The van der Waals surface area contributed by atoms with E-state index in [1.54, 1.807) is 36.4 Å². The smallest absolute Gasteiger partial charge is 0.331 e. The van der Waals surface area contributed by atoms with Crippen molar-refractivity contribution in [2.45, 2.75) is 33.6 Å². The Morgan fingerprint density at radius 1 is 1.14 bits per heavy atom. The number of alkyl halides is 2. The van der Waals surface area contributed by atoms with Gasteiger partial charge >= 0.3 is 12.5 Å². The highest BCUT2D eigenvalue weighted by atomic mass is 19.3. The number of benzene rings is 2. The van der Waals surface area contributed by atoms with Crippen LogP contribution in [0.2, 0.25) is 0 Å². The molecular weight excluding hydrogens is 460 g/mol. The van der Waals surface area contributed by atoms with E-state index in [0.29, 0.717) is 28.3 Å². The van der Waals surface area contributed by atoms with Crippen molar-refractivity contribution in [3.05, 3.63) is 76.9 Å². The number of carbonyl (C=O) groups is 1. The maximum atomic E-state index is 13.5. The minimum atomic E-state index is -2.81. The fourth-order valence-electron chi connectivity index (χ4n) is 3.53. The summed E-state index contributed by atoms with van der Waals surface area (Å²) in [7, 11) is 1.51. The van der Waals surface area contributed by atoms with E-state index in [9.17, 15) is 13.6 Å². The van der Waals surface area contributed by atoms with Crippen LogP contribution in [-0.4, -0.2) is 27.8 Å². The molecule has 0 spiro atoms. The molecule has 2 heterocycles. The van der Waals surface area contributed by atoms with Crippen molar-refractivity contribution in [2.24, 2.45) is 0 Å². The lowest BCUT2D eigenvalue weighted by atomic mass is 10.2. The number of hydrogen-bond donors (Lipinski definition) is 0. The molecule has 0 amide bonds. The highest BCUT2D eigenvalue weighted by molar-refractivity contribution is 5.87. The number of aromatic nitrogens is 3. The Bertz CT molecular complexity index is 1360. The van der Waals surface area contributed by atoms with E-state index in [1.165, 1.54) is 25.3 Å². The van der Waals surface area contributed by atoms with Gasteiger partial charge in [0.2, 0.25) is 0 Å². The van der Waals surface area contributed by atoms with Crippen LogP contribution in [0.4, 0.5) is 8.78 Å². The number of halogens is 2. The van der Waals surface area contributed by atoms with Crippen LogP contribution in [0.25, 0.3) is 17.1 Å². The van der Waals surface area contributed by atoms with Crippen molar-refractivity contribution >= 4 is 23.1 Å². The number of carbonyl (C=O) groups excluding carboxylic acids is 1. The van der Waals surface area contributed by atoms with Crippen molar-refractivity contribution in [1.82, 2.24) is 14.7 Å². The summed E-state index contributed by atoms with van der Waals surface area (Å²) >= 11 is 0. The van der Waals surface area contributed by atoms with Crippen LogP contribution in [0.5, 0.6) is 11.5 Å². The van der Waals surface area contributed by atoms with Gasteiger partial charge in [0, 0.05) is 6.08 Å². The molecule has 0 N–H and O–H groups in total. The number of esters is 1. The van der Waals surface area contributed by atoms with Crippen LogP contribution in [0.1, 0.15) is 35.0 Å². The normalized spacial score (nSPS) is 11.5. The quantitative estimate of drug-likeness (QED) is 0.233. The van der Waals surface area contributed by atoms with E-state index in [4.69, 9.17) is 18.7 Å². The van der Waals surface area contributed by atoms with Gasteiger partial charge in [0.15, 0.2) is 17.3 Å². The first kappa shape index (κ1) is 23.9. The number of fused-ring (bicyclic) bond motifs is 1. The Morgan fingerprint density at radius 3 is 2.66 bits per heavy atom. The van der Waals surface area contributed by atoms with Crippen LogP contribution in [-0.2, 0) is 22.7 Å². The Labute approximate surface area is 199 Å². The van der Waals surface area contributed by atoms with Crippen LogP contribution in [0.15, 0.2) is 53.1 Å². The molecule has 0 aliphatic rings. The third-order valence-electron chi connectivity index (χ3n) is 5.36. The molecule has 0 aliphatic carbocycles. The molecule has 0 atom stereocenters. The zero-order chi connectivity index (χ0) is 24.9. The van der Waals surface area contributed by atoms with Gasteiger partial charge in [-0.25, -0.2) is 9.78 Å². The number of aryl methyl sites for hydroxylation is 2. The summed E-state index contributed by atoms with van der Waals surface area (Å²) < 4.78 is 49.3. The fourth-order valence-corrected chi connectivity index (χ4v) is 3.53. The molecule has 0 radical (unpaired) electrons. The Morgan fingerprint density at radius 2 is 1.94 bits per heavy atom. The summed E-state index contributed by atoms with van der Waals surface area (Å²) in [6, 6.07) is 11.7. The molecule has 4 aromatic rings. The molecule has 0 aliphatic heterocycles. The van der Waals surface area contributed by atoms with E-state index in [-0.39, 0.29) is 24.6 Å². The molecule has 0 saturated carbocycles. The van der Waals surface area contributed by atoms with Gasteiger partial charge in [0.25, 0.3) is 0 Å². The first-order valence-corrected chi connectivity index (χ1v) is 10.7. The SMILES string of the molecule is COc1cc(/C=C/C(=O)OCc2nc3ccccc3n2C(F)F)ccc1OCc1c(C)noc1C. The maximum Gasteiger partial charge on any atom is 0.331 e. The second kappa shape index (κ2) is 10.4. The number of ether oxygens (including phenoxy) is 3. The van der Waals surface area contributed by atoms with E-state index in [2.05, 4.69) is 10.1 Å². The third kappa shape index (κ3) is 5.32. The number of nitrogens with zero attached hydrogens (tertiary/aromatic N) is 3. The summed E-state index contributed by atoms with van der Waals surface area (Å²) in [5, 5.41) is 3.90. The first-order valence-electron chi connectivity index (χ1n) is 10.7. The summed E-state index contributed by atoms with van der Waals surface area (Å²) in [6.45, 7) is 0.717. The van der Waals surface area contributed by atoms with Gasteiger partial charge in [-0.15, -0.1) is 0 Å². The van der Waals surface area contributed by atoms with Crippen molar-refractivity contribution < 1.29 is 32.3 Å². The number of methoxy groups -OCH3 is 1. The van der Waals surface area contributed by atoms with Crippen LogP contribution < -0.4 is 9.47 Å². The third-order valence-corrected chi connectivity index (χ3v) is 5.36. The predicted molar refractivity (Wildman–Crippen MR) is 123 cm³/mol. The van der Waals surface area contributed by atoms with Gasteiger partial charge in [-0.3, -0.25) is 4.57 Å². The van der Waals surface area contributed by atoms with Crippen molar-refractivity contribution in [1.29, 1.82) is 0 Å². The topological polar surface area (TPSA) is 88.6 Å². The second-order valence-corrected chi connectivity index (χ2v) is 7.61. The zero-order valence-electron chi connectivity index (χ0n) is 19.3. The second-order valence-electron chi connectivity index (χ2n) is 7.61. The van der Waals surface area contributed by atoms with Gasteiger partial charge in [-0.05, 0) is 49.8 Å². The average Bonchev–Trinajstić information content (AvgIpc) is 3.39. The fraction of sp³-hybridized carbons (Fsp3) is 0.240. The molecule has 35 heavy (non-hydrogen) atoms. The van der Waals surface area contributed by atoms with E-state index >= 15 is 0 Å². The van der Waals surface area contributed by atoms with Crippen LogP contribution >= 0.6 is 0 Å². The Hall–Kier alpha value is -4.21. The molecule has 0 unspecified atom stereocenters. The zero-order valence-corrected chi connectivity index (χ0v) is 19.3. The maximum absolute atomic E-state index is 13.5. The van der Waals surface area contributed by atoms with Crippen molar-refractivity contribution in [2.75, 3.05) is 7.11 Å². The molecule has 0 saturated heterocycles. The molecule has 0 bridgehead atoms. The molecule has 2 aromatic heterocycles. The van der Waals surface area contributed by atoms with Crippen LogP contribution in [0.3, 0.4) is 0 Å². The van der Waals surface area contributed by atoms with Gasteiger partial charge in [-0.1, -0.05) is 23.4 Å². The van der Waals surface area contributed by atoms with E-state index in [1.807, 2.05) is 13.8 Å². The van der Waals surface area contributed by atoms with Gasteiger partial charge in [0.1, 0.15) is 19.0 Å². The highest BCUT2D eigenvalue weighted by Gasteiger charge is 2.18. The minimum absolute atomic E-state index is 0.0376. The van der Waals surface area contributed by atoms with E-state index in [0.717, 1.165) is 15.8 Å². The molecule has 182 valence electrons. The highest BCUT2D eigenvalue weighted by Crippen LogP contribution is 2.30. The van der Waals surface area contributed by atoms with E-state index < -0.39 is 12.5 Å². The van der Waals surface area contributed by atoms with Gasteiger partial charge in [0.05, 0.1) is 29.4 Å². The number of imidazole rings is 1. The van der Waals surface area contributed by atoms with Gasteiger partial charge in [-0.2, -0.15) is 8.78 Å². The van der Waals surface area contributed by atoms with Gasteiger partial charge < -0.3 is 18.7 Å². The number of para-hydroxylation sites is 2. The van der Waals surface area contributed by atoms with Crippen molar-refractivity contribution in [3.8, 4) is 11.5 Å². The summed E-state index contributed by atoms with van der Waals surface area (Å²) in [6.07, 6.45) is 2.73. The molecule has 10 heteroatoms. The number of hydrogen-bond acceptors (Lipinski definition) is 7. The lowest BCUT2D eigenvalue weighted by Gasteiger charge is -2.11.